The van der Waals surface area contributed by atoms with E-state index in [1.165, 1.54) is 10.9 Å². The molecule has 2 aliphatic rings. The van der Waals surface area contributed by atoms with Crippen molar-refractivity contribution >= 4 is 22.6 Å². The molecule has 3 aromatic heterocycles. The Hall–Kier alpha value is -5.04. The number of carbonyl (C=O) groups is 1. The van der Waals surface area contributed by atoms with Gasteiger partial charge in [-0.3, -0.25) is 19.3 Å². The number of carbonyl (C=O) groups excluding carboxylic acids is 1. The van der Waals surface area contributed by atoms with E-state index in [-0.39, 0.29) is 29.6 Å². The van der Waals surface area contributed by atoms with E-state index in [1.807, 2.05) is 42.5 Å². The van der Waals surface area contributed by atoms with E-state index in [9.17, 15) is 14.7 Å². The monoisotopic (exact) mass is 636 g/mol. The number of benzene rings is 2. The molecular weight excluding hydrogens is 600 g/mol. The predicted molar refractivity (Wildman–Crippen MR) is 176 cm³/mol. The first-order valence-electron chi connectivity index (χ1n) is 15.6. The zero-order valence-electron chi connectivity index (χ0n) is 26.2. The standard InChI is InChI=1S/C35H36N6O6/c1-22-32(34(44)41(40(22)2)24-6-4-3-5-7-24)33(43)39-31-11-9-27(19-38-31)47-30-12-15-36-29-16-26(8-10-28(29)30)45-21-25(42)18-37-23-17-35(13-14-35)46-20-23/h3-12,15-16,19,23,25,37,42H,13-14,17-18,20-21H2,1-2H3,(H,38,39,43)/t23?,25-/m1/s1. The highest BCUT2D eigenvalue weighted by molar-refractivity contribution is 6.04. The Morgan fingerprint density at radius 1 is 1.11 bits per heavy atom. The van der Waals surface area contributed by atoms with Crippen LogP contribution in [0.3, 0.4) is 0 Å². The third-order valence-electron chi connectivity index (χ3n) is 8.76. The summed E-state index contributed by atoms with van der Waals surface area (Å²) in [6.45, 7) is 3.00. The van der Waals surface area contributed by atoms with Gasteiger partial charge in [0.1, 0.15) is 41.3 Å². The summed E-state index contributed by atoms with van der Waals surface area (Å²) in [4.78, 5) is 35.1. The van der Waals surface area contributed by atoms with Crippen molar-refractivity contribution in [2.24, 2.45) is 7.05 Å². The molecule has 1 aliphatic carbocycles. The zero-order chi connectivity index (χ0) is 32.5. The van der Waals surface area contributed by atoms with Gasteiger partial charge in [-0.1, -0.05) is 18.2 Å². The number of hydrogen-bond donors (Lipinski definition) is 3. The molecular formula is C35H36N6O6. The molecule has 1 spiro atoms. The van der Waals surface area contributed by atoms with Crippen LogP contribution < -0.4 is 25.7 Å². The van der Waals surface area contributed by atoms with Crippen molar-refractivity contribution < 1.29 is 24.1 Å². The summed E-state index contributed by atoms with van der Waals surface area (Å²) >= 11 is 0. The molecule has 242 valence electrons. The van der Waals surface area contributed by atoms with Crippen molar-refractivity contribution in [3.05, 3.63) is 101 Å². The first-order chi connectivity index (χ1) is 22.8. The van der Waals surface area contributed by atoms with Crippen LogP contribution in [0.4, 0.5) is 5.82 Å². The number of amides is 1. The molecule has 12 nitrogen and oxygen atoms in total. The normalized spacial score (nSPS) is 17.1. The lowest BCUT2D eigenvalue weighted by atomic mass is 10.1. The molecule has 1 aliphatic heterocycles. The highest BCUT2D eigenvalue weighted by atomic mass is 16.5. The second kappa shape index (κ2) is 12.6. The summed E-state index contributed by atoms with van der Waals surface area (Å²) in [7, 11) is 1.74. The molecule has 4 heterocycles. The summed E-state index contributed by atoms with van der Waals surface area (Å²) < 4.78 is 20.9. The first kappa shape index (κ1) is 30.6. The number of hydrogen-bond acceptors (Lipinski definition) is 9. The summed E-state index contributed by atoms with van der Waals surface area (Å²) in [6.07, 6.45) is 5.76. The third kappa shape index (κ3) is 6.48. The van der Waals surface area contributed by atoms with Gasteiger partial charge in [0.05, 0.1) is 35.3 Å². The fraction of sp³-hybridized carbons (Fsp3) is 0.314. The largest absolute Gasteiger partial charge is 0.491 e. The van der Waals surface area contributed by atoms with Crippen molar-refractivity contribution in [1.29, 1.82) is 0 Å². The predicted octanol–water partition coefficient (Wildman–Crippen LogP) is 4.12. The number of aromatic nitrogens is 4. The lowest BCUT2D eigenvalue weighted by Gasteiger charge is -2.16. The molecule has 2 aromatic carbocycles. The van der Waals surface area contributed by atoms with E-state index in [1.54, 1.807) is 49.1 Å². The molecule has 0 bridgehead atoms. The van der Waals surface area contributed by atoms with Gasteiger partial charge in [-0.2, -0.15) is 0 Å². The fourth-order valence-corrected chi connectivity index (χ4v) is 5.95. The van der Waals surface area contributed by atoms with Gasteiger partial charge in [-0.25, -0.2) is 9.67 Å². The van der Waals surface area contributed by atoms with Crippen LogP contribution in [-0.2, 0) is 11.8 Å². The number of aliphatic hydroxyl groups is 1. The molecule has 2 atom stereocenters. The highest BCUT2D eigenvalue weighted by Gasteiger charge is 2.49. The van der Waals surface area contributed by atoms with Crippen molar-refractivity contribution in [2.45, 2.75) is 43.9 Å². The minimum absolute atomic E-state index is 0.0433. The van der Waals surface area contributed by atoms with Gasteiger partial charge in [-0.05, 0) is 68.7 Å². The number of aliphatic hydroxyl groups excluding tert-OH is 1. The van der Waals surface area contributed by atoms with Gasteiger partial charge < -0.3 is 30.0 Å². The van der Waals surface area contributed by atoms with Crippen molar-refractivity contribution in [1.82, 2.24) is 24.6 Å². The fourth-order valence-electron chi connectivity index (χ4n) is 5.95. The van der Waals surface area contributed by atoms with Crippen molar-refractivity contribution in [3.63, 3.8) is 0 Å². The van der Waals surface area contributed by atoms with Crippen LogP contribution >= 0.6 is 0 Å². The van der Waals surface area contributed by atoms with E-state index in [4.69, 9.17) is 14.2 Å². The molecule has 5 aromatic rings. The van der Waals surface area contributed by atoms with Crippen LogP contribution in [0.15, 0.2) is 83.9 Å². The van der Waals surface area contributed by atoms with E-state index in [0.717, 1.165) is 24.6 Å². The molecule has 47 heavy (non-hydrogen) atoms. The van der Waals surface area contributed by atoms with Crippen LogP contribution in [0.2, 0.25) is 0 Å². The van der Waals surface area contributed by atoms with Gasteiger partial charge in [0.2, 0.25) is 0 Å². The zero-order valence-corrected chi connectivity index (χ0v) is 26.2. The maximum absolute atomic E-state index is 13.2. The molecule has 0 radical (unpaired) electrons. The molecule has 2 fully saturated rings. The summed E-state index contributed by atoms with van der Waals surface area (Å²) in [6, 6.07) is 19.9. The number of para-hydroxylation sites is 1. The molecule has 7 rings (SSSR count). The topological polar surface area (TPSA) is 142 Å². The van der Waals surface area contributed by atoms with E-state index in [2.05, 4.69) is 20.6 Å². The first-order valence-corrected chi connectivity index (χ1v) is 15.6. The number of nitrogens with one attached hydrogen (secondary N) is 2. The SMILES string of the molecule is Cc1c(C(=O)Nc2ccc(Oc3ccnc4cc(OC[C@H](O)CNC5COC6(CC6)C5)ccc34)cn2)c(=O)n(-c2ccccc2)n1C. The minimum Gasteiger partial charge on any atom is -0.491 e. The van der Waals surface area contributed by atoms with Crippen molar-refractivity contribution in [2.75, 3.05) is 25.1 Å². The Kier molecular flexibility index (Phi) is 8.22. The van der Waals surface area contributed by atoms with Crippen LogP contribution in [0.5, 0.6) is 17.2 Å². The summed E-state index contributed by atoms with van der Waals surface area (Å²) in [5.74, 6) is 1.34. The minimum atomic E-state index is -0.658. The van der Waals surface area contributed by atoms with Crippen molar-refractivity contribution in [3.8, 4) is 22.9 Å². The number of rotatable bonds is 11. The molecule has 1 saturated carbocycles. The summed E-state index contributed by atoms with van der Waals surface area (Å²) in [5.41, 5.74) is 1.60. The summed E-state index contributed by atoms with van der Waals surface area (Å²) in [5, 5.41) is 17.3. The lowest BCUT2D eigenvalue weighted by molar-refractivity contribution is 0.0853. The second-order valence-electron chi connectivity index (χ2n) is 12.1. The highest BCUT2D eigenvalue weighted by Crippen LogP contribution is 2.47. The van der Waals surface area contributed by atoms with Gasteiger partial charge in [0.25, 0.3) is 11.5 Å². The number of fused-ring (bicyclic) bond motifs is 1. The molecule has 1 amide bonds. The van der Waals surface area contributed by atoms with Crippen LogP contribution in [-0.4, -0.2) is 67.9 Å². The smallest absolute Gasteiger partial charge is 0.284 e. The lowest BCUT2D eigenvalue weighted by Crippen LogP contribution is -2.38. The number of anilines is 1. The average molecular weight is 637 g/mol. The van der Waals surface area contributed by atoms with Gasteiger partial charge in [0.15, 0.2) is 0 Å². The maximum Gasteiger partial charge on any atom is 0.284 e. The van der Waals surface area contributed by atoms with Gasteiger partial charge in [0, 0.05) is 37.3 Å². The van der Waals surface area contributed by atoms with E-state index < -0.39 is 17.6 Å². The average Bonchev–Trinajstić information content (AvgIpc) is 3.65. The molecule has 12 heteroatoms. The molecule has 1 saturated heterocycles. The van der Waals surface area contributed by atoms with Crippen LogP contribution in [0.1, 0.15) is 35.3 Å². The Morgan fingerprint density at radius 3 is 2.66 bits per heavy atom. The van der Waals surface area contributed by atoms with E-state index >= 15 is 0 Å². The number of nitrogens with zero attached hydrogens (tertiary/aromatic N) is 4. The Bertz CT molecular complexity index is 1970. The molecule has 1 unspecified atom stereocenters. The van der Waals surface area contributed by atoms with Gasteiger partial charge in [-0.15, -0.1) is 0 Å². The van der Waals surface area contributed by atoms with E-state index in [0.29, 0.717) is 47.3 Å². The quantitative estimate of drug-likeness (QED) is 0.195. The van der Waals surface area contributed by atoms with Gasteiger partial charge >= 0.3 is 0 Å². The number of ether oxygens (including phenoxy) is 3. The third-order valence-corrected chi connectivity index (χ3v) is 8.76. The number of pyridine rings is 2. The Morgan fingerprint density at radius 2 is 1.91 bits per heavy atom. The second-order valence-corrected chi connectivity index (χ2v) is 12.1. The maximum atomic E-state index is 13.2. The van der Waals surface area contributed by atoms with Crippen LogP contribution in [0, 0.1) is 6.92 Å². The Balaban J connectivity index is 0.964. The molecule has 3 N–H and O–H groups in total. The Labute approximate surface area is 270 Å². The van der Waals surface area contributed by atoms with Crippen LogP contribution in [0.25, 0.3) is 16.6 Å².